The fourth-order valence-corrected chi connectivity index (χ4v) is 7.96. The van der Waals surface area contributed by atoms with Crippen molar-refractivity contribution in [3.8, 4) is 0 Å². The smallest absolute Gasteiger partial charge is 0.299 e. The number of benzene rings is 5. The Morgan fingerprint density at radius 3 is 1.53 bits per heavy atom. The van der Waals surface area contributed by atoms with Crippen molar-refractivity contribution in [2.75, 3.05) is 6.61 Å². The van der Waals surface area contributed by atoms with E-state index in [1.54, 1.807) is 54.6 Å². The zero-order valence-electron chi connectivity index (χ0n) is 26.9. The van der Waals surface area contributed by atoms with Gasteiger partial charge in [-0.2, -0.15) is 8.42 Å². The molecule has 5 aromatic carbocycles. The fraction of sp³-hybridized carbons (Fsp3) is 0.250. The average molecular weight is 681 g/mol. The van der Waals surface area contributed by atoms with E-state index in [0.29, 0.717) is 16.7 Å². The topological polar surface area (TPSA) is 123 Å². The molecule has 0 radical (unpaired) electrons. The predicted octanol–water partition coefficient (Wildman–Crippen LogP) is 5.26. The molecule has 0 spiro atoms. The highest BCUT2D eigenvalue weighted by atomic mass is 32.2. The van der Waals surface area contributed by atoms with E-state index in [1.165, 1.54) is 12.1 Å². The molecule has 9 heteroatoms. The van der Waals surface area contributed by atoms with E-state index in [-0.39, 0.29) is 30.8 Å². The molecule has 0 saturated carbocycles. The third-order valence-electron chi connectivity index (χ3n) is 9.17. The zero-order valence-corrected chi connectivity index (χ0v) is 27.7. The summed E-state index contributed by atoms with van der Waals surface area (Å²) in [6.45, 7) is -0.848. The summed E-state index contributed by atoms with van der Waals surface area (Å²) in [5.41, 5.74) is -1.78. The van der Waals surface area contributed by atoms with E-state index in [4.69, 9.17) is 13.7 Å². The van der Waals surface area contributed by atoms with Crippen LogP contribution in [0.4, 0.5) is 0 Å². The maximum atomic E-state index is 14.4. The second-order valence-corrected chi connectivity index (χ2v) is 13.9. The average Bonchev–Trinajstić information content (AvgIpc) is 3.13. The summed E-state index contributed by atoms with van der Waals surface area (Å²) in [5.74, 6) is -2.34. The van der Waals surface area contributed by atoms with Gasteiger partial charge < -0.3 is 24.8 Å². The van der Waals surface area contributed by atoms with Crippen LogP contribution in [-0.2, 0) is 49.6 Å². The molecule has 1 aliphatic heterocycles. The van der Waals surface area contributed by atoms with Gasteiger partial charge in [0.2, 0.25) is 5.79 Å². The Bertz CT molecular complexity index is 1880. The second kappa shape index (κ2) is 14.7. The highest BCUT2D eigenvalue weighted by Gasteiger charge is 2.74. The number of aliphatic hydroxyl groups is 3. The van der Waals surface area contributed by atoms with Crippen molar-refractivity contribution in [3.63, 3.8) is 0 Å². The summed E-state index contributed by atoms with van der Waals surface area (Å²) in [5, 5.41) is 36.2. The van der Waals surface area contributed by atoms with Crippen molar-refractivity contribution in [1.82, 2.24) is 0 Å². The monoisotopic (exact) mass is 680 g/mol. The molecule has 254 valence electrons. The second-order valence-electron chi connectivity index (χ2n) is 12.4. The summed E-state index contributed by atoms with van der Waals surface area (Å²) in [7, 11) is -4.64. The lowest BCUT2D eigenvalue weighted by molar-refractivity contribution is -0.417. The first-order chi connectivity index (χ1) is 23.7. The maximum absolute atomic E-state index is 14.4. The molecule has 0 bridgehead atoms. The maximum Gasteiger partial charge on any atom is 0.299 e. The molecule has 1 aliphatic rings. The van der Waals surface area contributed by atoms with Crippen LogP contribution in [0, 0.1) is 0 Å². The van der Waals surface area contributed by atoms with Crippen LogP contribution in [0.3, 0.4) is 0 Å². The summed E-state index contributed by atoms with van der Waals surface area (Å²) in [6.07, 6.45) is -3.78. The van der Waals surface area contributed by atoms with Crippen LogP contribution in [0.15, 0.2) is 157 Å². The molecule has 8 nitrogen and oxygen atoms in total. The lowest BCUT2D eigenvalue weighted by atomic mass is 9.63. The van der Waals surface area contributed by atoms with Gasteiger partial charge in [0, 0.05) is 19.3 Å². The predicted molar refractivity (Wildman–Crippen MR) is 185 cm³/mol. The van der Waals surface area contributed by atoms with Gasteiger partial charge in [0.05, 0.1) is 18.1 Å². The van der Waals surface area contributed by atoms with Crippen LogP contribution in [0.5, 0.6) is 0 Å². The Morgan fingerprint density at radius 2 is 1.04 bits per heavy atom. The van der Waals surface area contributed by atoms with E-state index in [1.807, 2.05) is 84.9 Å². The molecule has 5 atom stereocenters. The van der Waals surface area contributed by atoms with Crippen LogP contribution in [-0.4, -0.2) is 59.5 Å². The summed E-state index contributed by atoms with van der Waals surface area (Å²) in [4.78, 5) is -0.138. The lowest BCUT2D eigenvalue weighted by Crippen LogP contribution is -2.82. The third kappa shape index (κ3) is 7.11. The van der Waals surface area contributed by atoms with E-state index in [9.17, 15) is 23.7 Å². The minimum absolute atomic E-state index is 0.101. The molecule has 0 aromatic heterocycles. The first-order valence-corrected chi connectivity index (χ1v) is 17.6. The fourth-order valence-electron chi connectivity index (χ4n) is 6.79. The molecule has 3 N–H and O–H groups in total. The SMILES string of the molecule is O=S(=O)(OC1(Cc2ccccc2)O[C@H](CO)[C@@H](O)[C@@](O)(Cc2ccccc2)[C@@]1(Cc1ccccc1)OCc1ccccc1)c1ccccc1. The van der Waals surface area contributed by atoms with Crippen LogP contribution in [0.2, 0.25) is 0 Å². The molecule has 1 heterocycles. The van der Waals surface area contributed by atoms with Crippen molar-refractivity contribution in [2.24, 2.45) is 0 Å². The summed E-state index contributed by atoms with van der Waals surface area (Å²) in [6, 6.07) is 44.2. The first kappa shape index (κ1) is 34.7. The van der Waals surface area contributed by atoms with Gasteiger partial charge in [0.1, 0.15) is 17.8 Å². The molecular weight excluding hydrogens is 640 g/mol. The summed E-state index contributed by atoms with van der Waals surface area (Å²) < 4.78 is 48.8. The van der Waals surface area contributed by atoms with E-state index in [2.05, 4.69) is 0 Å². The molecule has 0 aliphatic carbocycles. The standard InChI is InChI=1S/C40H40O8S/c41-29-36-37(42)38(43,26-31-16-6-1-7-17-31)39(27-32-18-8-2-9-19-32,46-30-34-22-12-4-13-23-34)40(47-36,28-33-20-10-3-11-21-33)48-49(44,45)35-24-14-5-15-25-35/h1-25,36-37,41-43H,26-30H2/t36-,37-,38+,39-,40?/m1/s1. The van der Waals surface area contributed by atoms with Gasteiger partial charge in [0.25, 0.3) is 10.1 Å². The number of rotatable bonds is 13. The summed E-state index contributed by atoms with van der Waals surface area (Å²) >= 11 is 0. The molecular formula is C40H40O8S. The molecule has 0 amide bonds. The minimum Gasteiger partial charge on any atom is -0.394 e. The van der Waals surface area contributed by atoms with Gasteiger partial charge in [-0.15, -0.1) is 0 Å². The van der Waals surface area contributed by atoms with Crippen LogP contribution in [0.25, 0.3) is 0 Å². The number of aliphatic hydroxyl groups excluding tert-OH is 2. The highest BCUT2D eigenvalue weighted by molar-refractivity contribution is 7.86. The molecule has 1 saturated heterocycles. The van der Waals surface area contributed by atoms with Crippen molar-refractivity contribution in [2.45, 2.75) is 60.0 Å². The number of hydrogen-bond donors (Lipinski definition) is 3. The Balaban J connectivity index is 1.67. The lowest BCUT2D eigenvalue weighted by Gasteiger charge is -2.62. The minimum atomic E-state index is -4.64. The Morgan fingerprint density at radius 1 is 0.612 bits per heavy atom. The van der Waals surface area contributed by atoms with Crippen LogP contribution in [0.1, 0.15) is 22.3 Å². The quantitative estimate of drug-likeness (QED) is 0.144. The molecule has 6 rings (SSSR count). The highest BCUT2D eigenvalue weighted by Crippen LogP contribution is 2.53. The van der Waals surface area contributed by atoms with Crippen molar-refractivity contribution in [1.29, 1.82) is 0 Å². The van der Waals surface area contributed by atoms with Gasteiger partial charge in [-0.3, -0.25) is 0 Å². The molecule has 5 aromatic rings. The first-order valence-electron chi connectivity index (χ1n) is 16.2. The van der Waals surface area contributed by atoms with Gasteiger partial charge in [-0.25, -0.2) is 4.18 Å². The Hall–Kier alpha value is -4.19. The van der Waals surface area contributed by atoms with Gasteiger partial charge in [0.15, 0.2) is 5.60 Å². The van der Waals surface area contributed by atoms with E-state index < -0.39 is 45.9 Å². The third-order valence-corrected chi connectivity index (χ3v) is 10.5. The van der Waals surface area contributed by atoms with E-state index >= 15 is 0 Å². The van der Waals surface area contributed by atoms with Crippen molar-refractivity contribution < 1.29 is 37.4 Å². The molecule has 1 fully saturated rings. The van der Waals surface area contributed by atoms with Gasteiger partial charge in [-0.1, -0.05) is 140 Å². The van der Waals surface area contributed by atoms with Gasteiger partial charge >= 0.3 is 0 Å². The molecule has 49 heavy (non-hydrogen) atoms. The number of ether oxygens (including phenoxy) is 2. The normalized spacial score (nSPS) is 25.5. The zero-order chi connectivity index (χ0) is 34.4. The van der Waals surface area contributed by atoms with Crippen molar-refractivity contribution in [3.05, 3.63) is 174 Å². The Labute approximate surface area is 287 Å². The van der Waals surface area contributed by atoms with Crippen LogP contribution < -0.4 is 0 Å². The number of hydrogen-bond acceptors (Lipinski definition) is 8. The van der Waals surface area contributed by atoms with E-state index in [0.717, 1.165) is 5.56 Å². The Kier molecular flexibility index (Phi) is 10.4. The van der Waals surface area contributed by atoms with Crippen LogP contribution >= 0.6 is 0 Å². The van der Waals surface area contributed by atoms with Gasteiger partial charge in [-0.05, 0) is 34.4 Å². The molecule has 1 unspecified atom stereocenters. The largest absolute Gasteiger partial charge is 0.394 e. The van der Waals surface area contributed by atoms with Crippen molar-refractivity contribution >= 4 is 10.1 Å².